The molecule has 5 nitrogen and oxygen atoms in total. The number of anilines is 1. The van der Waals surface area contributed by atoms with Gasteiger partial charge in [0, 0.05) is 30.4 Å². The molecule has 5 rings (SSSR count). The lowest BCUT2D eigenvalue weighted by molar-refractivity contribution is -0.136. The second-order valence-electron chi connectivity index (χ2n) is 8.31. The number of nitrogens with two attached hydrogens (primary N) is 1. The summed E-state index contributed by atoms with van der Waals surface area (Å²) in [4.78, 5) is 24.0. The molecule has 1 aliphatic heterocycles. The van der Waals surface area contributed by atoms with Gasteiger partial charge in [0.15, 0.2) is 0 Å². The molecular formula is C24H26N4O. The number of fused-ring (bicyclic) bond motifs is 2. The number of carbonyl (C=O) groups excluding carboxylic acids is 1. The van der Waals surface area contributed by atoms with Gasteiger partial charge in [0.05, 0.1) is 0 Å². The number of rotatable bonds is 3. The van der Waals surface area contributed by atoms with Crippen LogP contribution in [0.5, 0.6) is 0 Å². The quantitative estimate of drug-likeness (QED) is 0.747. The minimum Gasteiger partial charge on any atom is -0.368 e. The molecule has 1 fully saturated rings. The van der Waals surface area contributed by atoms with Crippen molar-refractivity contribution in [1.29, 1.82) is 0 Å². The first kappa shape index (κ1) is 18.1. The van der Waals surface area contributed by atoms with Crippen molar-refractivity contribution in [1.82, 2.24) is 14.9 Å². The third kappa shape index (κ3) is 3.46. The highest BCUT2D eigenvalue weighted by Crippen LogP contribution is 2.31. The monoisotopic (exact) mass is 386 g/mol. The molecule has 0 bridgehead atoms. The third-order valence-corrected chi connectivity index (χ3v) is 6.51. The lowest BCUT2D eigenvalue weighted by atomic mass is 9.86. The van der Waals surface area contributed by atoms with Gasteiger partial charge >= 0.3 is 0 Å². The molecule has 0 spiro atoms. The summed E-state index contributed by atoms with van der Waals surface area (Å²) in [6.45, 7) is 0.871. The Morgan fingerprint density at radius 3 is 2.93 bits per heavy atom. The zero-order chi connectivity index (χ0) is 19.8. The van der Waals surface area contributed by atoms with E-state index < -0.39 is 0 Å². The number of nitrogen functional groups attached to an aromatic ring is 1. The number of likely N-dealkylation sites (tertiary alicyclic amines) is 1. The van der Waals surface area contributed by atoms with Crippen LogP contribution in [0.2, 0.25) is 0 Å². The molecule has 2 N–H and O–H groups in total. The molecule has 3 aromatic rings. The zero-order valence-electron chi connectivity index (χ0n) is 16.6. The molecule has 0 radical (unpaired) electrons. The van der Waals surface area contributed by atoms with E-state index in [0.717, 1.165) is 56.3 Å². The summed E-state index contributed by atoms with van der Waals surface area (Å²) in [5.74, 6) is 0.654. The van der Waals surface area contributed by atoms with Gasteiger partial charge in [-0.15, -0.1) is 0 Å². The summed E-state index contributed by atoms with van der Waals surface area (Å²) >= 11 is 0. The van der Waals surface area contributed by atoms with E-state index >= 15 is 0 Å². The van der Waals surface area contributed by atoms with E-state index in [9.17, 15) is 4.79 Å². The van der Waals surface area contributed by atoms with Crippen molar-refractivity contribution in [3.63, 3.8) is 0 Å². The number of aryl methyl sites for hydroxylation is 1. The van der Waals surface area contributed by atoms with Gasteiger partial charge in [0.2, 0.25) is 11.9 Å². The number of benzene rings is 2. The third-order valence-electron chi connectivity index (χ3n) is 6.51. The first-order chi connectivity index (χ1) is 14.2. The van der Waals surface area contributed by atoms with Crippen molar-refractivity contribution in [2.45, 2.75) is 44.6 Å². The van der Waals surface area contributed by atoms with E-state index in [1.54, 1.807) is 6.20 Å². The predicted molar refractivity (Wildman–Crippen MR) is 114 cm³/mol. The average molecular weight is 386 g/mol. The summed E-state index contributed by atoms with van der Waals surface area (Å²) in [5.41, 5.74) is 9.13. The summed E-state index contributed by atoms with van der Waals surface area (Å²) < 4.78 is 0. The van der Waals surface area contributed by atoms with Crippen molar-refractivity contribution in [2.75, 3.05) is 12.3 Å². The van der Waals surface area contributed by atoms with Gasteiger partial charge in [-0.2, -0.15) is 0 Å². The second-order valence-corrected chi connectivity index (χ2v) is 8.31. The maximum absolute atomic E-state index is 13.4. The number of carbonyl (C=O) groups is 1. The van der Waals surface area contributed by atoms with Crippen LogP contribution in [0.1, 0.15) is 36.1 Å². The average Bonchev–Trinajstić information content (AvgIpc) is 3.21. The van der Waals surface area contributed by atoms with Crippen molar-refractivity contribution in [3.05, 3.63) is 65.5 Å². The lowest BCUT2D eigenvalue weighted by Crippen LogP contribution is -2.42. The molecule has 1 aromatic heterocycles. The summed E-state index contributed by atoms with van der Waals surface area (Å²) in [7, 11) is 0. The van der Waals surface area contributed by atoms with Crippen LogP contribution in [0.15, 0.2) is 48.7 Å². The fraction of sp³-hybridized carbons (Fsp3) is 0.375. The van der Waals surface area contributed by atoms with Gasteiger partial charge in [-0.25, -0.2) is 9.97 Å². The molecule has 5 heteroatoms. The van der Waals surface area contributed by atoms with E-state index in [1.807, 2.05) is 0 Å². The number of hydrogen-bond acceptors (Lipinski definition) is 4. The van der Waals surface area contributed by atoms with Gasteiger partial charge in [-0.05, 0) is 60.4 Å². The Hall–Kier alpha value is -2.95. The summed E-state index contributed by atoms with van der Waals surface area (Å²) in [6.07, 6.45) is 7.28. The normalized spacial score (nSPS) is 21.3. The number of nitrogens with zero attached hydrogens (tertiary/aromatic N) is 3. The molecular weight excluding hydrogens is 360 g/mol. The maximum Gasteiger partial charge on any atom is 0.226 e. The summed E-state index contributed by atoms with van der Waals surface area (Å²) in [6, 6.07) is 15.3. The van der Waals surface area contributed by atoms with Crippen molar-refractivity contribution in [2.24, 2.45) is 5.92 Å². The zero-order valence-corrected chi connectivity index (χ0v) is 16.6. The van der Waals surface area contributed by atoms with Gasteiger partial charge < -0.3 is 10.6 Å². The van der Waals surface area contributed by atoms with Crippen LogP contribution in [0.3, 0.4) is 0 Å². The molecule has 29 heavy (non-hydrogen) atoms. The highest BCUT2D eigenvalue weighted by molar-refractivity contribution is 5.86. The fourth-order valence-electron chi connectivity index (χ4n) is 5.03. The Balaban J connectivity index is 1.34. The van der Waals surface area contributed by atoms with E-state index in [-0.39, 0.29) is 12.0 Å². The molecule has 0 saturated carbocycles. The standard InChI is InChI=1S/C24H26N4O/c25-24-26-15-19-13-18(10-11-22(19)27-24)23(29)28-12-4-8-20(28)14-17-7-3-6-16-5-1-2-9-21(16)17/h1-3,5-7,9,15,18,20H,4,8,10-14H2,(H2,25,26,27). The van der Waals surface area contributed by atoms with Crippen LogP contribution in [0.4, 0.5) is 5.95 Å². The number of aromatic nitrogens is 2. The maximum atomic E-state index is 13.4. The van der Waals surface area contributed by atoms with Crippen LogP contribution >= 0.6 is 0 Å². The van der Waals surface area contributed by atoms with Gasteiger partial charge in [0.1, 0.15) is 0 Å². The second kappa shape index (κ2) is 7.47. The minimum absolute atomic E-state index is 0.0304. The molecule has 2 unspecified atom stereocenters. The van der Waals surface area contributed by atoms with Crippen LogP contribution in [-0.4, -0.2) is 33.4 Å². The smallest absolute Gasteiger partial charge is 0.226 e. The Labute approximate surface area is 171 Å². The summed E-state index contributed by atoms with van der Waals surface area (Å²) in [5, 5.41) is 2.57. The molecule has 2 atom stereocenters. The molecule has 1 aliphatic carbocycles. The molecule has 2 aliphatic rings. The van der Waals surface area contributed by atoms with Crippen molar-refractivity contribution >= 4 is 22.6 Å². The highest BCUT2D eigenvalue weighted by atomic mass is 16.2. The first-order valence-electron chi connectivity index (χ1n) is 10.6. The lowest BCUT2D eigenvalue weighted by Gasteiger charge is -2.31. The van der Waals surface area contributed by atoms with E-state index in [2.05, 4.69) is 57.3 Å². The van der Waals surface area contributed by atoms with Crippen LogP contribution in [0, 0.1) is 5.92 Å². The van der Waals surface area contributed by atoms with E-state index in [0.29, 0.717) is 11.9 Å². The van der Waals surface area contributed by atoms with Gasteiger partial charge in [-0.3, -0.25) is 4.79 Å². The van der Waals surface area contributed by atoms with Crippen LogP contribution < -0.4 is 5.73 Å². The topological polar surface area (TPSA) is 72.1 Å². The Bertz CT molecular complexity index is 1060. The molecule has 2 aromatic carbocycles. The van der Waals surface area contributed by atoms with Crippen molar-refractivity contribution in [3.8, 4) is 0 Å². The largest absolute Gasteiger partial charge is 0.368 e. The number of hydrogen-bond donors (Lipinski definition) is 1. The fourth-order valence-corrected chi connectivity index (χ4v) is 5.03. The highest BCUT2D eigenvalue weighted by Gasteiger charge is 2.35. The van der Waals surface area contributed by atoms with Gasteiger partial charge in [0.25, 0.3) is 0 Å². The minimum atomic E-state index is 0.0304. The number of amides is 1. The Morgan fingerprint density at radius 1 is 1.14 bits per heavy atom. The van der Waals surface area contributed by atoms with Crippen molar-refractivity contribution < 1.29 is 4.79 Å². The van der Waals surface area contributed by atoms with Crippen LogP contribution in [-0.2, 0) is 24.1 Å². The Kier molecular flexibility index (Phi) is 4.66. The molecule has 148 valence electrons. The molecule has 1 amide bonds. The van der Waals surface area contributed by atoms with E-state index in [1.165, 1.54) is 16.3 Å². The predicted octanol–water partition coefficient (Wildman–Crippen LogP) is 3.55. The Morgan fingerprint density at radius 2 is 2.00 bits per heavy atom. The van der Waals surface area contributed by atoms with Gasteiger partial charge in [-0.1, -0.05) is 42.5 Å². The van der Waals surface area contributed by atoms with E-state index in [4.69, 9.17) is 5.73 Å². The van der Waals surface area contributed by atoms with Crippen LogP contribution in [0.25, 0.3) is 10.8 Å². The molecule has 1 saturated heterocycles. The SMILES string of the molecule is Nc1ncc2c(n1)CCC(C(=O)N1CCCC1Cc1cccc3ccccc13)C2. The molecule has 2 heterocycles. The first-order valence-corrected chi connectivity index (χ1v) is 10.6.